The summed E-state index contributed by atoms with van der Waals surface area (Å²) in [5.74, 6) is 1.02. The second-order valence-corrected chi connectivity index (χ2v) is 8.28. The van der Waals surface area contributed by atoms with E-state index in [1.165, 1.54) is 5.56 Å². The maximum atomic E-state index is 12.3. The Morgan fingerprint density at radius 1 is 1.10 bits per heavy atom. The van der Waals surface area contributed by atoms with E-state index in [4.69, 9.17) is 16.3 Å². The summed E-state index contributed by atoms with van der Waals surface area (Å²) < 4.78 is 5.60. The molecule has 1 aliphatic rings. The Morgan fingerprint density at radius 2 is 1.77 bits per heavy atom. The maximum absolute atomic E-state index is 12.3. The van der Waals surface area contributed by atoms with Crippen molar-refractivity contribution in [2.45, 2.75) is 33.1 Å². The average molecular weight is 444 g/mol. The van der Waals surface area contributed by atoms with Gasteiger partial charge in [-0.05, 0) is 48.2 Å². The predicted molar refractivity (Wildman–Crippen MR) is 125 cm³/mol. The highest BCUT2D eigenvalue weighted by Gasteiger charge is 2.20. The number of ether oxygens (including phenoxy) is 1. The van der Waals surface area contributed by atoms with Crippen molar-refractivity contribution in [2.24, 2.45) is 0 Å². The molecule has 2 aromatic carbocycles. The number of carbonyl (C=O) groups is 2. The number of hydrogen-bond acceptors (Lipinski definition) is 4. The van der Waals surface area contributed by atoms with Gasteiger partial charge in [0, 0.05) is 38.8 Å². The lowest BCUT2D eigenvalue weighted by Gasteiger charge is -2.36. The van der Waals surface area contributed by atoms with E-state index in [0.29, 0.717) is 35.5 Å². The van der Waals surface area contributed by atoms with Crippen LogP contribution in [0.4, 0.5) is 11.4 Å². The summed E-state index contributed by atoms with van der Waals surface area (Å²) in [6, 6.07) is 13.3. The van der Waals surface area contributed by atoms with Crippen molar-refractivity contribution >= 4 is 34.8 Å². The number of piperazine rings is 1. The van der Waals surface area contributed by atoms with Gasteiger partial charge < -0.3 is 19.9 Å². The van der Waals surface area contributed by atoms with Crippen LogP contribution in [-0.4, -0.2) is 49.5 Å². The molecule has 6 nitrogen and oxygen atoms in total. The minimum absolute atomic E-state index is 0.0744. The Balaban J connectivity index is 1.51. The summed E-state index contributed by atoms with van der Waals surface area (Å²) in [6.45, 7) is 8.68. The van der Waals surface area contributed by atoms with Gasteiger partial charge in [0.25, 0.3) is 5.91 Å². The smallest absolute Gasteiger partial charge is 0.262 e. The Kier molecular flexibility index (Phi) is 7.80. The van der Waals surface area contributed by atoms with Crippen LogP contribution in [0.2, 0.25) is 5.02 Å². The molecular formula is C24H30ClN3O3. The number of rotatable bonds is 7. The van der Waals surface area contributed by atoms with Gasteiger partial charge in [0.1, 0.15) is 5.75 Å². The van der Waals surface area contributed by atoms with Gasteiger partial charge in [0.05, 0.1) is 10.7 Å². The molecule has 1 N–H and O–H groups in total. The maximum Gasteiger partial charge on any atom is 0.262 e. The van der Waals surface area contributed by atoms with Crippen molar-refractivity contribution in [1.29, 1.82) is 0 Å². The Hall–Kier alpha value is -2.73. The van der Waals surface area contributed by atoms with Crippen molar-refractivity contribution in [1.82, 2.24) is 4.90 Å². The van der Waals surface area contributed by atoms with Crippen molar-refractivity contribution in [3.63, 3.8) is 0 Å². The van der Waals surface area contributed by atoms with Gasteiger partial charge in [-0.1, -0.05) is 37.6 Å². The number of hydrogen-bond donors (Lipinski definition) is 1. The lowest BCUT2D eigenvalue weighted by Crippen LogP contribution is -2.48. The van der Waals surface area contributed by atoms with Crippen molar-refractivity contribution in [3.8, 4) is 5.75 Å². The number of carbonyl (C=O) groups excluding carboxylic acids is 2. The average Bonchev–Trinajstić information content (AvgIpc) is 2.77. The van der Waals surface area contributed by atoms with Gasteiger partial charge in [0.2, 0.25) is 5.91 Å². The first-order valence-electron chi connectivity index (χ1n) is 10.7. The molecule has 0 aromatic heterocycles. The first-order chi connectivity index (χ1) is 14.9. The molecule has 7 heteroatoms. The molecule has 0 spiro atoms. The summed E-state index contributed by atoms with van der Waals surface area (Å²) in [5.41, 5.74) is 2.79. The number of benzene rings is 2. The molecule has 2 amide bonds. The minimum atomic E-state index is -0.245. The molecule has 166 valence electrons. The van der Waals surface area contributed by atoms with Crippen LogP contribution < -0.4 is 15.0 Å². The molecule has 1 saturated heterocycles. The largest absolute Gasteiger partial charge is 0.484 e. The lowest BCUT2D eigenvalue weighted by molar-refractivity contribution is -0.129. The highest BCUT2D eigenvalue weighted by atomic mass is 35.5. The van der Waals surface area contributed by atoms with Gasteiger partial charge in [-0.2, -0.15) is 0 Å². The molecule has 0 aliphatic carbocycles. The number of nitrogens with zero attached hydrogens (tertiary/aromatic N) is 2. The molecule has 1 heterocycles. The highest BCUT2D eigenvalue weighted by Crippen LogP contribution is 2.30. The zero-order valence-electron chi connectivity index (χ0n) is 18.4. The van der Waals surface area contributed by atoms with Crippen LogP contribution >= 0.6 is 11.6 Å². The van der Waals surface area contributed by atoms with Crippen LogP contribution in [-0.2, 0) is 9.59 Å². The molecule has 1 aliphatic heterocycles. The number of amides is 2. The molecule has 1 atom stereocenters. The van der Waals surface area contributed by atoms with E-state index in [2.05, 4.69) is 24.1 Å². The zero-order valence-corrected chi connectivity index (χ0v) is 19.1. The third-order valence-electron chi connectivity index (χ3n) is 5.73. The number of halogens is 1. The summed E-state index contributed by atoms with van der Waals surface area (Å²) in [4.78, 5) is 27.7. The minimum Gasteiger partial charge on any atom is -0.484 e. The monoisotopic (exact) mass is 443 g/mol. The number of nitrogens with one attached hydrogen (secondary N) is 1. The van der Waals surface area contributed by atoms with Crippen LogP contribution in [0.15, 0.2) is 42.5 Å². The molecule has 1 fully saturated rings. The topological polar surface area (TPSA) is 61.9 Å². The van der Waals surface area contributed by atoms with E-state index in [9.17, 15) is 9.59 Å². The predicted octanol–water partition coefficient (Wildman–Crippen LogP) is 4.54. The third kappa shape index (κ3) is 6.14. The van der Waals surface area contributed by atoms with Gasteiger partial charge in [-0.25, -0.2) is 0 Å². The van der Waals surface area contributed by atoms with Gasteiger partial charge in [-0.15, -0.1) is 0 Å². The quantitative estimate of drug-likeness (QED) is 0.682. The molecule has 2 aromatic rings. The van der Waals surface area contributed by atoms with Gasteiger partial charge >= 0.3 is 0 Å². The van der Waals surface area contributed by atoms with Crippen molar-refractivity contribution in [3.05, 3.63) is 53.1 Å². The first kappa shape index (κ1) is 22.9. The molecule has 31 heavy (non-hydrogen) atoms. The van der Waals surface area contributed by atoms with E-state index in [-0.39, 0.29) is 18.4 Å². The fourth-order valence-electron chi connectivity index (χ4n) is 3.58. The Labute approximate surface area is 189 Å². The van der Waals surface area contributed by atoms with Crippen molar-refractivity contribution < 1.29 is 14.3 Å². The van der Waals surface area contributed by atoms with E-state index in [0.717, 1.165) is 25.2 Å². The standard InChI is InChI=1S/C24H30ClN3O3/c1-4-17(2)19-5-8-21(9-6-19)31-16-24(30)26-20-7-10-23(22(25)15-20)28-13-11-27(12-14-28)18(3)29/h5-10,15,17H,4,11-14,16H2,1-3H3,(H,26,30)/t17-/m0/s1. The van der Waals surface area contributed by atoms with Crippen LogP contribution in [0.5, 0.6) is 5.75 Å². The molecule has 3 rings (SSSR count). The second-order valence-electron chi connectivity index (χ2n) is 7.87. The Bertz CT molecular complexity index is 909. The molecule has 0 saturated carbocycles. The fraction of sp³-hybridized carbons (Fsp3) is 0.417. The van der Waals surface area contributed by atoms with Crippen LogP contribution in [0.25, 0.3) is 0 Å². The van der Waals surface area contributed by atoms with Crippen LogP contribution in [0, 0.1) is 0 Å². The lowest BCUT2D eigenvalue weighted by atomic mass is 9.99. The van der Waals surface area contributed by atoms with Crippen LogP contribution in [0.3, 0.4) is 0 Å². The Morgan fingerprint density at radius 3 is 2.35 bits per heavy atom. The van der Waals surface area contributed by atoms with Crippen LogP contribution in [0.1, 0.15) is 38.7 Å². The van der Waals surface area contributed by atoms with Gasteiger partial charge in [0.15, 0.2) is 6.61 Å². The summed E-state index contributed by atoms with van der Waals surface area (Å²) in [7, 11) is 0. The number of anilines is 2. The van der Waals surface area contributed by atoms with Gasteiger partial charge in [-0.3, -0.25) is 9.59 Å². The zero-order chi connectivity index (χ0) is 22.4. The normalized spacial score (nSPS) is 14.8. The first-order valence-corrected chi connectivity index (χ1v) is 11.1. The van der Waals surface area contributed by atoms with E-state index >= 15 is 0 Å². The molecule has 0 bridgehead atoms. The SMILES string of the molecule is CC[C@H](C)c1ccc(OCC(=O)Nc2ccc(N3CCN(C(C)=O)CC3)c(Cl)c2)cc1. The molecule has 0 unspecified atom stereocenters. The summed E-state index contributed by atoms with van der Waals surface area (Å²) >= 11 is 6.47. The third-order valence-corrected chi connectivity index (χ3v) is 6.03. The molecular weight excluding hydrogens is 414 g/mol. The second kappa shape index (κ2) is 10.5. The van der Waals surface area contributed by atoms with E-state index in [1.807, 2.05) is 41.3 Å². The van der Waals surface area contributed by atoms with E-state index < -0.39 is 0 Å². The highest BCUT2D eigenvalue weighted by molar-refractivity contribution is 6.33. The summed E-state index contributed by atoms with van der Waals surface area (Å²) in [5, 5.41) is 3.39. The van der Waals surface area contributed by atoms with Crippen molar-refractivity contribution in [2.75, 3.05) is 43.0 Å². The fourth-order valence-corrected chi connectivity index (χ4v) is 3.88. The molecule has 0 radical (unpaired) electrons. The van der Waals surface area contributed by atoms with E-state index in [1.54, 1.807) is 13.0 Å². The summed E-state index contributed by atoms with van der Waals surface area (Å²) in [6.07, 6.45) is 1.08.